The number of ether oxygens (including phenoxy) is 1. The van der Waals surface area contributed by atoms with E-state index in [9.17, 15) is 9.59 Å². The van der Waals surface area contributed by atoms with Gasteiger partial charge in [-0.05, 0) is 26.0 Å². The van der Waals surface area contributed by atoms with Gasteiger partial charge in [0.2, 0.25) is 5.78 Å². The number of pyridine rings is 1. The minimum absolute atomic E-state index is 0.256. The summed E-state index contributed by atoms with van der Waals surface area (Å²) in [7, 11) is 0. The van der Waals surface area contributed by atoms with Crippen LogP contribution in [0.5, 0.6) is 0 Å². The number of hydrogen-bond donors (Lipinski definition) is 0. The average molecular weight is 430 g/mol. The van der Waals surface area contributed by atoms with Crippen LogP contribution in [0.25, 0.3) is 22.2 Å². The van der Waals surface area contributed by atoms with Crippen molar-refractivity contribution in [3.63, 3.8) is 0 Å². The Morgan fingerprint density at radius 1 is 0.935 bits per heavy atom. The molecule has 154 valence electrons. The third kappa shape index (κ3) is 4.35. The van der Waals surface area contributed by atoms with Gasteiger partial charge in [-0.15, -0.1) is 0 Å². The molecule has 0 aliphatic rings. The van der Waals surface area contributed by atoms with Gasteiger partial charge in [-0.3, -0.25) is 4.79 Å². The van der Waals surface area contributed by atoms with Gasteiger partial charge in [0.25, 0.3) is 0 Å². The molecule has 4 rings (SSSR count). The van der Waals surface area contributed by atoms with Gasteiger partial charge < -0.3 is 4.74 Å². The van der Waals surface area contributed by atoms with Crippen molar-refractivity contribution < 1.29 is 14.3 Å². The Morgan fingerprint density at radius 2 is 1.65 bits per heavy atom. The molecular weight excluding hydrogens is 410 g/mol. The molecule has 0 N–H and O–H groups in total. The second-order valence-corrected chi connectivity index (χ2v) is 7.74. The number of aromatic nitrogens is 1. The predicted molar refractivity (Wildman–Crippen MR) is 123 cm³/mol. The summed E-state index contributed by atoms with van der Waals surface area (Å²) in [5, 5.41) is 1.01. The lowest BCUT2D eigenvalue weighted by Crippen LogP contribution is -2.24. The Morgan fingerprint density at radius 3 is 2.35 bits per heavy atom. The Kier molecular flexibility index (Phi) is 5.83. The van der Waals surface area contributed by atoms with E-state index in [-0.39, 0.29) is 5.78 Å². The molecule has 3 aromatic carbocycles. The first-order valence-corrected chi connectivity index (χ1v) is 10.3. The van der Waals surface area contributed by atoms with Crippen LogP contribution >= 0.6 is 11.6 Å². The van der Waals surface area contributed by atoms with Crippen LogP contribution < -0.4 is 0 Å². The summed E-state index contributed by atoms with van der Waals surface area (Å²) in [6.45, 7) is 3.52. The molecule has 0 bridgehead atoms. The number of fused-ring (bicyclic) bond motifs is 1. The number of hydrogen-bond acceptors (Lipinski definition) is 4. The van der Waals surface area contributed by atoms with E-state index in [1.807, 2.05) is 49.4 Å². The van der Waals surface area contributed by atoms with Crippen LogP contribution in [0, 0.1) is 6.92 Å². The number of halogens is 1. The summed E-state index contributed by atoms with van der Waals surface area (Å²) in [6, 6.07) is 23.6. The number of benzene rings is 3. The molecule has 0 unspecified atom stereocenters. The second-order valence-electron chi connectivity index (χ2n) is 7.33. The van der Waals surface area contributed by atoms with Crippen LogP contribution in [0.3, 0.4) is 0 Å². The van der Waals surface area contributed by atoms with Gasteiger partial charge in [0.15, 0.2) is 6.10 Å². The van der Waals surface area contributed by atoms with Crippen molar-refractivity contribution >= 4 is 34.3 Å². The standard InChI is InChI=1S/C26H20ClNO3/c1-16-11-13-19(14-12-16)25(29)17(2)31-26(30)21-15-23(18-7-4-3-5-8-18)28-24-20(21)9-6-10-22(24)27/h3-15,17H,1-2H3/t17-/m0/s1. The van der Waals surface area contributed by atoms with Crippen LogP contribution in [-0.2, 0) is 4.74 Å². The topological polar surface area (TPSA) is 56.3 Å². The van der Waals surface area contributed by atoms with Crippen molar-refractivity contribution in [1.82, 2.24) is 4.98 Å². The number of rotatable bonds is 5. The van der Waals surface area contributed by atoms with E-state index >= 15 is 0 Å². The zero-order valence-electron chi connectivity index (χ0n) is 17.1. The minimum atomic E-state index is -0.933. The van der Waals surface area contributed by atoms with Gasteiger partial charge in [-0.25, -0.2) is 9.78 Å². The fraction of sp³-hybridized carbons (Fsp3) is 0.115. The summed E-state index contributed by atoms with van der Waals surface area (Å²) in [4.78, 5) is 30.5. The highest BCUT2D eigenvalue weighted by atomic mass is 35.5. The van der Waals surface area contributed by atoms with E-state index in [1.165, 1.54) is 0 Å². The van der Waals surface area contributed by atoms with E-state index in [1.54, 1.807) is 43.3 Å². The molecule has 0 fully saturated rings. The van der Waals surface area contributed by atoms with E-state index in [0.717, 1.165) is 11.1 Å². The first kappa shape index (κ1) is 20.8. The van der Waals surface area contributed by atoms with Gasteiger partial charge in [-0.2, -0.15) is 0 Å². The molecule has 1 heterocycles. The average Bonchev–Trinajstić information content (AvgIpc) is 2.79. The third-order valence-corrected chi connectivity index (χ3v) is 5.37. The summed E-state index contributed by atoms with van der Waals surface area (Å²) >= 11 is 6.37. The number of carbonyl (C=O) groups excluding carboxylic acids is 2. The smallest absolute Gasteiger partial charge is 0.339 e. The zero-order valence-corrected chi connectivity index (χ0v) is 17.9. The van der Waals surface area contributed by atoms with E-state index < -0.39 is 12.1 Å². The maximum absolute atomic E-state index is 13.1. The number of aryl methyl sites for hydroxylation is 1. The monoisotopic (exact) mass is 429 g/mol. The van der Waals surface area contributed by atoms with Gasteiger partial charge in [0.1, 0.15) is 0 Å². The Hall–Kier alpha value is -3.50. The summed E-state index contributed by atoms with van der Waals surface area (Å²) < 4.78 is 5.56. The molecule has 0 spiro atoms. The number of ketones is 1. The largest absolute Gasteiger partial charge is 0.451 e. The van der Waals surface area contributed by atoms with Gasteiger partial charge >= 0.3 is 5.97 Å². The summed E-state index contributed by atoms with van der Waals surface area (Å²) in [6.07, 6.45) is -0.933. The van der Waals surface area contributed by atoms with Crippen molar-refractivity contribution in [3.8, 4) is 11.3 Å². The summed E-state index contributed by atoms with van der Waals surface area (Å²) in [5.74, 6) is -0.854. The van der Waals surface area contributed by atoms with Crippen LogP contribution in [0.2, 0.25) is 5.02 Å². The van der Waals surface area contributed by atoms with Crippen molar-refractivity contribution in [2.45, 2.75) is 20.0 Å². The highest BCUT2D eigenvalue weighted by Crippen LogP contribution is 2.29. The normalized spacial score (nSPS) is 11.8. The lowest BCUT2D eigenvalue weighted by molar-refractivity contribution is 0.0320. The molecule has 0 radical (unpaired) electrons. The Labute approximate surface area is 185 Å². The SMILES string of the molecule is Cc1ccc(C(=O)[C@H](C)OC(=O)c2cc(-c3ccccc3)nc3c(Cl)cccc23)cc1. The second kappa shape index (κ2) is 8.70. The van der Waals surface area contributed by atoms with Crippen LogP contribution in [-0.4, -0.2) is 22.8 Å². The van der Waals surface area contributed by atoms with E-state index in [2.05, 4.69) is 4.98 Å². The number of nitrogens with zero attached hydrogens (tertiary/aromatic N) is 1. The quantitative estimate of drug-likeness (QED) is 0.276. The van der Waals surface area contributed by atoms with E-state index in [0.29, 0.717) is 32.7 Å². The lowest BCUT2D eigenvalue weighted by Gasteiger charge is -2.15. The Balaban J connectivity index is 1.70. The molecular formula is C26H20ClNO3. The summed E-state index contributed by atoms with van der Waals surface area (Å²) in [5.41, 5.74) is 3.82. The molecule has 1 atom stereocenters. The lowest BCUT2D eigenvalue weighted by atomic mass is 10.0. The predicted octanol–water partition coefficient (Wildman–Crippen LogP) is 6.29. The molecule has 1 aromatic heterocycles. The van der Waals surface area contributed by atoms with Crippen molar-refractivity contribution in [2.75, 3.05) is 0 Å². The van der Waals surface area contributed by atoms with Gasteiger partial charge in [-0.1, -0.05) is 83.9 Å². The van der Waals surface area contributed by atoms with Crippen molar-refractivity contribution in [2.24, 2.45) is 0 Å². The molecule has 0 amide bonds. The molecule has 31 heavy (non-hydrogen) atoms. The maximum atomic E-state index is 13.1. The van der Waals surface area contributed by atoms with Crippen LogP contribution in [0.15, 0.2) is 78.9 Å². The maximum Gasteiger partial charge on any atom is 0.339 e. The van der Waals surface area contributed by atoms with Crippen molar-refractivity contribution in [3.05, 3.63) is 101 Å². The Bertz CT molecular complexity index is 1270. The van der Waals surface area contributed by atoms with Crippen molar-refractivity contribution in [1.29, 1.82) is 0 Å². The highest BCUT2D eigenvalue weighted by Gasteiger charge is 2.23. The first-order chi connectivity index (χ1) is 14.9. The highest BCUT2D eigenvalue weighted by molar-refractivity contribution is 6.35. The zero-order chi connectivity index (χ0) is 22.0. The molecule has 0 saturated heterocycles. The van der Waals surface area contributed by atoms with Gasteiger partial charge in [0.05, 0.1) is 21.8 Å². The van der Waals surface area contributed by atoms with Crippen LogP contribution in [0.4, 0.5) is 0 Å². The molecule has 0 aliphatic carbocycles. The first-order valence-electron chi connectivity index (χ1n) is 9.90. The molecule has 0 aliphatic heterocycles. The number of carbonyl (C=O) groups is 2. The molecule has 0 saturated carbocycles. The fourth-order valence-corrected chi connectivity index (χ4v) is 3.59. The number of esters is 1. The van der Waals surface area contributed by atoms with Gasteiger partial charge in [0, 0.05) is 16.5 Å². The number of Topliss-reactive ketones (excluding diaryl/α,β-unsaturated/α-hetero) is 1. The minimum Gasteiger partial charge on any atom is -0.451 e. The fourth-order valence-electron chi connectivity index (χ4n) is 3.37. The third-order valence-electron chi connectivity index (χ3n) is 5.07. The van der Waals surface area contributed by atoms with E-state index in [4.69, 9.17) is 16.3 Å². The molecule has 4 aromatic rings. The van der Waals surface area contributed by atoms with Crippen LogP contribution in [0.1, 0.15) is 33.2 Å². The molecule has 5 heteroatoms. The molecule has 4 nitrogen and oxygen atoms in total. The number of para-hydroxylation sites is 1.